The fraction of sp³-hybridized carbons (Fsp3) is 0. The molecule has 0 spiro atoms. The summed E-state index contributed by atoms with van der Waals surface area (Å²) >= 11 is 0. The molecule has 5 aromatic rings. The van der Waals surface area contributed by atoms with Crippen LogP contribution >= 0.6 is 0 Å². The zero-order valence-corrected chi connectivity index (χ0v) is 18.0. The Morgan fingerprint density at radius 1 is 0.545 bits per heavy atom. The van der Waals surface area contributed by atoms with E-state index >= 15 is 0 Å². The second-order valence-electron chi connectivity index (χ2n) is 7.68. The predicted molar refractivity (Wildman–Crippen MR) is 136 cm³/mol. The molecule has 1 amide bonds. The zero-order valence-electron chi connectivity index (χ0n) is 18.0. The monoisotopic (exact) mass is 426 g/mol. The van der Waals surface area contributed by atoms with Crippen molar-refractivity contribution < 1.29 is 4.79 Å². The van der Waals surface area contributed by atoms with Crippen LogP contribution in [0.1, 0.15) is 15.9 Å². The highest BCUT2D eigenvalue weighted by Gasteiger charge is 2.24. The van der Waals surface area contributed by atoms with Crippen molar-refractivity contribution in [3.63, 3.8) is 0 Å². The Kier molecular flexibility index (Phi) is 5.77. The van der Waals surface area contributed by atoms with Crippen molar-refractivity contribution in [1.82, 2.24) is 0 Å². The molecule has 158 valence electrons. The first-order valence-corrected chi connectivity index (χ1v) is 10.9. The second kappa shape index (κ2) is 9.33. The Morgan fingerprint density at radius 3 is 1.82 bits per heavy atom. The number of hydrogen-bond acceptors (Lipinski definition) is 2. The molecule has 0 radical (unpaired) electrons. The molecule has 0 N–H and O–H groups in total. The van der Waals surface area contributed by atoms with Gasteiger partial charge in [-0.2, -0.15) is 0 Å². The lowest BCUT2D eigenvalue weighted by molar-refractivity contribution is 0.100. The van der Waals surface area contributed by atoms with E-state index in [4.69, 9.17) is 4.99 Å². The summed E-state index contributed by atoms with van der Waals surface area (Å²) in [6, 6.07) is 43.1. The number of nitrogens with zero attached hydrogens (tertiary/aromatic N) is 2. The van der Waals surface area contributed by atoms with Crippen LogP contribution in [0.5, 0.6) is 0 Å². The van der Waals surface area contributed by atoms with Gasteiger partial charge in [-0.15, -0.1) is 0 Å². The molecule has 0 aromatic heterocycles. The Bertz CT molecular complexity index is 1410. The fourth-order valence-corrected chi connectivity index (χ4v) is 3.82. The van der Waals surface area contributed by atoms with E-state index in [0.29, 0.717) is 11.4 Å². The molecular weight excluding hydrogens is 404 g/mol. The van der Waals surface area contributed by atoms with E-state index in [1.54, 1.807) is 4.90 Å². The summed E-state index contributed by atoms with van der Waals surface area (Å²) in [4.78, 5) is 20.5. The molecule has 0 aliphatic heterocycles. The fourth-order valence-electron chi connectivity index (χ4n) is 3.82. The van der Waals surface area contributed by atoms with Crippen LogP contribution in [0.3, 0.4) is 0 Å². The van der Waals surface area contributed by atoms with Crippen molar-refractivity contribution in [1.29, 1.82) is 0 Å². The van der Waals surface area contributed by atoms with Crippen molar-refractivity contribution in [2.75, 3.05) is 4.90 Å². The number of carbonyl (C=O) groups is 1. The molecular formula is C30H22N2O. The highest BCUT2D eigenvalue weighted by atomic mass is 16.2. The van der Waals surface area contributed by atoms with Crippen molar-refractivity contribution in [2.45, 2.75) is 0 Å². The summed E-state index contributed by atoms with van der Waals surface area (Å²) in [5, 5.41) is 2.23. The predicted octanol–water partition coefficient (Wildman–Crippen LogP) is 7.27. The highest BCUT2D eigenvalue weighted by Crippen LogP contribution is 2.25. The maximum Gasteiger partial charge on any atom is 0.264 e. The van der Waals surface area contributed by atoms with Crippen LogP contribution in [0, 0.1) is 0 Å². The van der Waals surface area contributed by atoms with Crippen molar-refractivity contribution >= 4 is 33.9 Å². The van der Waals surface area contributed by atoms with Crippen LogP contribution in [-0.2, 0) is 0 Å². The Labute approximate surface area is 193 Å². The molecule has 0 heterocycles. The van der Waals surface area contributed by atoms with Crippen molar-refractivity contribution in [2.24, 2.45) is 4.99 Å². The quantitative estimate of drug-likeness (QED) is 0.220. The number of carbonyl (C=O) groups excluding carboxylic acids is 1. The Morgan fingerprint density at radius 2 is 1.12 bits per heavy atom. The maximum absolute atomic E-state index is 13.9. The van der Waals surface area contributed by atoms with Crippen molar-refractivity contribution in [3.8, 4) is 0 Å². The highest BCUT2D eigenvalue weighted by molar-refractivity contribution is 6.28. The topological polar surface area (TPSA) is 32.7 Å². The normalized spacial score (nSPS) is 11.3. The van der Waals surface area contributed by atoms with Gasteiger partial charge in [-0.05, 0) is 53.2 Å². The van der Waals surface area contributed by atoms with E-state index in [2.05, 4.69) is 24.3 Å². The minimum absolute atomic E-state index is 0.135. The van der Waals surface area contributed by atoms with E-state index in [-0.39, 0.29) is 5.91 Å². The summed E-state index contributed by atoms with van der Waals surface area (Å²) in [6.45, 7) is 0. The summed E-state index contributed by atoms with van der Waals surface area (Å²) in [5.74, 6) is 0.441. The first kappa shape index (κ1) is 20.4. The summed E-state index contributed by atoms with van der Waals surface area (Å²) < 4.78 is 0. The van der Waals surface area contributed by atoms with Gasteiger partial charge in [-0.3, -0.25) is 9.69 Å². The van der Waals surface area contributed by atoms with Gasteiger partial charge in [0.05, 0.1) is 11.4 Å². The third kappa shape index (κ3) is 4.43. The number of para-hydroxylation sites is 2. The van der Waals surface area contributed by atoms with Gasteiger partial charge >= 0.3 is 0 Å². The molecule has 0 unspecified atom stereocenters. The molecule has 0 aliphatic rings. The van der Waals surface area contributed by atoms with Gasteiger partial charge in [-0.25, -0.2) is 4.99 Å². The van der Waals surface area contributed by atoms with E-state index in [1.165, 1.54) is 0 Å². The standard InChI is InChI=1S/C30H22N2O/c33-30(24-13-4-1-5-14-24)32(28-18-8-3-9-19-28)29(31-27-16-6-2-7-17-27)26-21-20-23-12-10-11-15-25(23)22-26/h1-22H. The van der Waals surface area contributed by atoms with Crippen LogP contribution in [0.15, 0.2) is 138 Å². The van der Waals surface area contributed by atoms with Gasteiger partial charge in [0.1, 0.15) is 5.84 Å². The number of hydrogen-bond donors (Lipinski definition) is 0. The van der Waals surface area contributed by atoms with Gasteiger partial charge in [0, 0.05) is 11.1 Å². The van der Waals surface area contributed by atoms with Gasteiger partial charge < -0.3 is 0 Å². The minimum atomic E-state index is -0.135. The summed E-state index contributed by atoms with van der Waals surface area (Å²) in [6.07, 6.45) is 0. The molecule has 5 rings (SSSR count). The lowest BCUT2D eigenvalue weighted by Gasteiger charge is -2.25. The van der Waals surface area contributed by atoms with E-state index in [0.717, 1.165) is 27.7 Å². The molecule has 33 heavy (non-hydrogen) atoms. The van der Waals surface area contributed by atoms with Gasteiger partial charge in [0.25, 0.3) is 5.91 Å². The number of aliphatic imine (C=N–C) groups is 1. The van der Waals surface area contributed by atoms with Crippen molar-refractivity contribution in [3.05, 3.63) is 145 Å². The van der Waals surface area contributed by atoms with Crippen LogP contribution in [0.4, 0.5) is 11.4 Å². The number of amides is 1. The molecule has 5 aromatic carbocycles. The number of amidine groups is 1. The maximum atomic E-state index is 13.9. The van der Waals surface area contributed by atoms with Crippen LogP contribution in [-0.4, -0.2) is 11.7 Å². The molecule has 0 aliphatic carbocycles. The molecule has 0 bridgehead atoms. The summed E-state index contributed by atoms with van der Waals surface area (Å²) in [7, 11) is 0. The molecule has 3 heteroatoms. The molecule has 0 saturated heterocycles. The van der Waals surface area contributed by atoms with Gasteiger partial charge in [-0.1, -0.05) is 91.0 Å². The Hall–Kier alpha value is -4.50. The van der Waals surface area contributed by atoms with Crippen LogP contribution < -0.4 is 4.90 Å². The lowest BCUT2D eigenvalue weighted by Crippen LogP contribution is -2.37. The first-order valence-electron chi connectivity index (χ1n) is 10.9. The zero-order chi connectivity index (χ0) is 22.5. The average Bonchev–Trinajstić information content (AvgIpc) is 2.89. The third-order valence-corrected chi connectivity index (χ3v) is 5.45. The third-order valence-electron chi connectivity index (χ3n) is 5.45. The number of rotatable bonds is 4. The second-order valence-corrected chi connectivity index (χ2v) is 7.68. The van der Waals surface area contributed by atoms with E-state index in [1.807, 2.05) is 109 Å². The van der Waals surface area contributed by atoms with E-state index < -0.39 is 0 Å². The number of anilines is 1. The number of benzene rings is 5. The largest absolute Gasteiger partial charge is 0.268 e. The van der Waals surface area contributed by atoms with E-state index in [9.17, 15) is 4.79 Å². The average molecular weight is 427 g/mol. The number of fused-ring (bicyclic) bond motifs is 1. The molecule has 0 saturated carbocycles. The van der Waals surface area contributed by atoms with Crippen LogP contribution in [0.2, 0.25) is 0 Å². The van der Waals surface area contributed by atoms with Crippen LogP contribution in [0.25, 0.3) is 10.8 Å². The molecule has 0 atom stereocenters. The lowest BCUT2D eigenvalue weighted by atomic mass is 10.0. The van der Waals surface area contributed by atoms with Gasteiger partial charge in [0.15, 0.2) is 0 Å². The molecule has 0 fully saturated rings. The Balaban J connectivity index is 1.74. The smallest absolute Gasteiger partial charge is 0.264 e. The van der Waals surface area contributed by atoms with Gasteiger partial charge in [0.2, 0.25) is 0 Å². The minimum Gasteiger partial charge on any atom is -0.268 e. The summed E-state index contributed by atoms with van der Waals surface area (Å²) in [5.41, 5.74) is 3.00. The first-order chi connectivity index (χ1) is 16.3. The molecule has 3 nitrogen and oxygen atoms in total. The SMILES string of the molecule is O=C(c1ccccc1)N(C(=Nc1ccccc1)c1ccc2ccccc2c1)c1ccccc1.